The summed E-state index contributed by atoms with van der Waals surface area (Å²) in [6, 6.07) is 13.7. The predicted molar refractivity (Wildman–Crippen MR) is 104 cm³/mol. The topological polar surface area (TPSA) is 70.9 Å². The first-order valence-corrected chi connectivity index (χ1v) is 9.36. The third-order valence-electron chi connectivity index (χ3n) is 4.29. The second-order valence-corrected chi connectivity index (χ2v) is 7.32. The molecule has 0 spiro atoms. The summed E-state index contributed by atoms with van der Waals surface area (Å²) in [5.41, 5.74) is -0.660. The van der Waals surface area contributed by atoms with Crippen molar-refractivity contribution in [1.29, 1.82) is 0 Å². The summed E-state index contributed by atoms with van der Waals surface area (Å²) in [7, 11) is 0. The summed E-state index contributed by atoms with van der Waals surface area (Å²) in [6.07, 6.45) is -4.79. The fourth-order valence-electron chi connectivity index (χ4n) is 2.74. The number of nitro groups is 1. The van der Waals surface area contributed by atoms with Gasteiger partial charge in [-0.25, -0.2) is 0 Å². The third kappa shape index (κ3) is 4.11. The molecule has 2 heterocycles. The number of anilines is 1. The van der Waals surface area contributed by atoms with Crippen LogP contribution in [-0.4, -0.2) is 18.0 Å². The van der Waals surface area contributed by atoms with Crippen molar-refractivity contribution < 1.29 is 18.1 Å². The van der Waals surface area contributed by atoms with Crippen LogP contribution in [0.25, 0.3) is 11.1 Å². The fourth-order valence-corrected chi connectivity index (χ4v) is 3.80. The van der Waals surface area contributed by atoms with Gasteiger partial charge in [0.1, 0.15) is 5.00 Å². The van der Waals surface area contributed by atoms with E-state index in [0.29, 0.717) is 11.1 Å². The number of rotatable bonds is 5. The summed E-state index contributed by atoms with van der Waals surface area (Å²) in [6.45, 7) is 1.85. The normalized spacial score (nSPS) is 13.8. The molecule has 1 fully saturated rings. The van der Waals surface area contributed by atoms with E-state index in [0.717, 1.165) is 41.4 Å². The summed E-state index contributed by atoms with van der Waals surface area (Å²) in [4.78, 5) is 12.1. The van der Waals surface area contributed by atoms with Crippen molar-refractivity contribution >= 4 is 32.7 Å². The van der Waals surface area contributed by atoms with Gasteiger partial charge in [-0.1, -0.05) is 41.7 Å². The number of nitrogens with zero attached hydrogens (tertiary/aromatic N) is 4. The standard InChI is InChI=1S/C19H13F3N4O2S/c20-19(21,22)15-10-13(26(27)28)6-7-16(15)23-24-18-14(12-4-2-1-3-5-12)11-17(29-18)25-8-9-25/h1-7,10-11H,8-9H2. The van der Waals surface area contributed by atoms with E-state index in [1.807, 2.05) is 36.4 Å². The Bertz CT molecular complexity index is 1090. The highest BCUT2D eigenvalue weighted by Crippen LogP contribution is 2.46. The van der Waals surface area contributed by atoms with Crippen LogP contribution in [0.15, 0.2) is 64.8 Å². The molecule has 29 heavy (non-hydrogen) atoms. The van der Waals surface area contributed by atoms with Gasteiger partial charge in [0.25, 0.3) is 5.69 Å². The molecule has 0 atom stereocenters. The van der Waals surface area contributed by atoms with Gasteiger partial charge in [-0.15, -0.1) is 10.2 Å². The lowest BCUT2D eigenvalue weighted by Gasteiger charge is -2.08. The fraction of sp³-hybridized carbons (Fsp3) is 0.158. The molecule has 1 aliphatic rings. The van der Waals surface area contributed by atoms with Crippen molar-refractivity contribution in [1.82, 2.24) is 0 Å². The zero-order chi connectivity index (χ0) is 20.6. The van der Waals surface area contributed by atoms with Gasteiger partial charge in [-0.3, -0.25) is 10.1 Å². The van der Waals surface area contributed by atoms with Gasteiger partial charge >= 0.3 is 6.18 Å². The number of thiophene rings is 1. The van der Waals surface area contributed by atoms with Crippen LogP contribution in [0, 0.1) is 10.1 Å². The minimum Gasteiger partial charge on any atom is -0.360 e. The lowest BCUT2D eigenvalue weighted by atomic mass is 10.1. The molecule has 6 nitrogen and oxygen atoms in total. The minimum absolute atomic E-state index is 0.469. The van der Waals surface area contributed by atoms with Gasteiger partial charge in [0.05, 0.1) is 21.2 Å². The minimum atomic E-state index is -4.79. The van der Waals surface area contributed by atoms with Crippen molar-refractivity contribution in [3.8, 4) is 11.1 Å². The van der Waals surface area contributed by atoms with E-state index in [1.165, 1.54) is 11.3 Å². The Kier molecular flexibility index (Phi) is 4.79. The molecule has 1 aliphatic heterocycles. The van der Waals surface area contributed by atoms with E-state index in [9.17, 15) is 23.3 Å². The molecule has 0 amide bonds. The maximum Gasteiger partial charge on any atom is 0.418 e. The van der Waals surface area contributed by atoms with Crippen LogP contribution in [0.4, 0.5) is 34.5 Å². The van der Waals surface area contributed by atoms with Crippen molar-refractivity contribution in [2.75, 3.05) is 18.0 Å². The first-order chi connectivity index (χ1) is 13.8. The quantitative estimate of drug-likeness (QED) is 0.203. The van der Waals surface area contributed by atoms with Gasteiger partial charge in [0.15, 0.2) is 0 Å². The Labute approximate surface area is 167 Å². The highest BCUT2D eigenvalue weighted by atomic mass is 32.1. The van der Waals surface area contributed by atoms with Crippen LogP contribution in [0.1, 0.15) is 5.56 Å². The maximum absolute atomic E-state index is 13.4. The van der Waals surface area contributed by atoms with E-state index in [1.54, 1.807) is 0 Å². The Hall–Kier alpha value is -3.27. The maximum atomic E-state index is 13.4. The Balaban J connectivity index is 1.75. The number of nitro benzene ring substituents is 1. The zero-order valence-electron chi connectivity index (χ0n) is 14.8. The van der Waals surface area contributed by atoms with Gasteiger partial charge < -0.3 is 4.90 Å². The number of hydrogen-bond acceptors (Lipinski definition) is 6. The van der Waals surface area contributed by atoms with Gasteiger partial charge in [0.2, 0.25) is 0 Å². The first kappa shape index (κ1) is 19.1. The molecule has 148 valence electrons. The summed E-state index contributed by atoms with van der Waals surface area (Å²) < 4.78 is 40.1. The van der Waals surface area contributed by atoms with E-state index in [-0.39, 0.29) is 0 Å². The summed E-state index contributed by atoms with van der Waals surface area (Å²) in [5.74, 6) is 0. The van der Waals surface area contributed by atoms with E-state index in [2.05, 4.69) is 15.1 Å². The first-order valence-electron chi connectivity index (χ1n) is 8.54. The Morgan fingerprint density at radius 1 is 1.03 bits per heavy atom. The summed E-state index contributed by atoms with van der Waals surface area (Å²) in [5, 5.41) is 20.1. The molecule has 0 bridgehead atoms. The molecule has 10 heteroatoms. The molecule has 1 saturated heterocycles. The number of alkyl halides is 3. The smallest absolute Gasteiger partial charge is 0.360 e. The number of halogens is 3. The molecule has 2 aromatic carbocycles. The van der Waals surface area contributed by atoms with Crippen LogP contribution in [-0.2, 0) is 6.18 Å². The van der Waals surface area contributed by atoms with Crippen LogP contribution in [0.5, 0.6) is 0 Å². The van der Waals surface area contributed by atoms with Crippen LogP contribution in [0.2, 0.25) is 0 Å². The second kappa shape index (κ2) is 7.28. The molecule has 0 radical (unpaired) electrons. The average Bonchev–Trinajstić information content (AvgIpc) is 3.46. The average molecular weight is 418 g/mol. The highest BCUT2D eigenvalue weighted by molar-refractivity contribution is 7.20. The lowest BCUT2D eigenvalue weighted by Crippen LogP contribution is -2.06. The lowest BCUT2D eigenvalue weighted by molar-refractivity contribution is -0.385. The van der Waals surface area contributed by atoms with Crippen molar-refractivity contribution in [3.05, 3.63) is 70.3 Å². The van der Waals surface area contributed by atoms with Gasteiger partial charge in [-0.05, 0) is 17.7 Å². The van der Waals surface area contributed by atoms with Gasteiger partial charge in [-0.2, -0.15) is 13.2 Å². The molecule has 3 aromatic rings. The van der Waals surface area contributed by atoms with Crippen LogP contribution in [0.3, 0.4) is 0 Å². The largest absolute Gasteiger partial charge is 0.418 e. The van der Waals surface area contributed by atoms with Gasteiger partial charge in [0, 0.05) is 30.8 Å². The Morgan fingerprint density at radius 2 is 1.76 bits per heavy atom. The van der Waals surface area contributed by atoms with E-state index < -0.39 is 28.0 Å². The predicted octanol–water partition coefficient (Wildman–Crippen LogP) is 6.58. The SMILES string of the molecule is O=[N+]([O-])c1ccc(N=Nc2sc(N3CC3)cc2-c2ccccc2)c(C(F)(F)F)c1. The molecule has 0 unspecified atom stereocenters. The summed E-state index contributed by atoms with van der Waals surface area (Å²) >= 11 is 1.34. The van der Waals surface area contributed by atoms with Crippen molar-refractivity contribution in [2.45, 2.75) is 6.18 Å². The van der Waals surface area contributed by atoms with Crippen LogP contribution < -0.4 is 4.90 Å². The third-order valence-corrected chi connectivity index (χ3v) is 5.37. The van der Waals surface area contributed by atoms with E-state index >= 15 is 0 Å². The number of benzene rings is 2. The highest BCUT2D eigenvalue weighted by Gasteiger charge is 2.35. The number of hydrogen-bond donors (Lipinski definition) is 0. The second-order valence-electron chi connectivity index (χ2n) is 6.31. The molecular weight excluding hydrogens is 405 g/mol. The molecule has 4 rings (SSSR count). The molecular formula is C19H13F3N4O2S. The van der Waals surface area contributed by atoms with Crippen molar-refractivity contribution in [3.63, 3.8) is 0 Å². The van der Waals surface area contributed by atoms with Crippen molar-refractivity contribution in [2.24, 2.45) is 10.2 Å². The molecule has 1 aromatic heterocycles. The number of non-ortho nitro benzene ring substituents is 1. The van der Waals surface area contributed by atoms with E-state index in [4.69, 9.17) is 0 Å². The monoisotopic (exact) mass is 418 g/mol. The Morgan fingerprint density at radius 3 is 2.38 bits per heavy atom. The molecule has 0 aliphatic carbocycles. The van der Waals surface area contributed by atoms with Crippen LogP contribution >= 0.6 is 11.3 Å². The molecule has 0 saturated carbocycles. The number of azo groups is 1. The zero-order valence-corrected chi connectivity index (χ0v) is 15.6. The molecule has 0 N–H and O–H groups in total.